The second-order valence-corrected chi connectivity index (χ2v) is 11.0. The molecule has 2 heterocycles. The molecule has 5 rings (SSSR count). The first-order valence-electron chi connectivity index (χ1n) is 13.5. The number of carboxylic acids is 1. The van der Waals surface area contributed by atoms with Gasteiger partial charge < -0.3 is 14.7 Å². The molecule has 2 aliphatic heterocycles. The Morgan fingerprint density at radius 1 is 1.00 bits per heavy atom. The molecule has 4 heteroatoms. The standard InChI is InChI=1S/C33H37NO3/c1-33(2,32(35)36)27-14-15-31-30(22-27)29(28-12-7-6-11-26(28)23-37-31)13-8-18-34-19-16-25(17-20-34)21-24-9-4-3-5-10-24/h3-7,9-15,22,25H,8,16-21,23H2,1-2H3,(H,35,36). The third kappa shape index (κ3) is 5.65. The molecule has 0 bridgehead atoms. The van der Waals surface area contributed by atoms with Gasteiger partial charge >= 0.3 is 5.97 Å². The Morgan fingerprint density at radius 3 is 2.49 bits per heavy atom. The quantitative estimate of drug-likeness (QED) is 0.395. The summed E-state index contributed by atoms with van der Waals surface area (Å²) in [5.41, 5.74) is 5.72. The van der Waals surface area contributed by atoms with Crippen LogP contribution in [0.25, 0.3) is 5.57 Å². The van der Waals surface area contributed by atoms with Crippen molar-refractivity contribution in [1.29, 1.82) is 0 Å². The average molecular weight is 496 g/mol. The molecule has 3 aromatic rings. The normalized spacial score (nSPS) is 17.5. The number of fused-ring (bicyclic) bond motifs is 2. The van der Waals surface area contributed by atoms with E-state index in [1.807, 2.05) is 24.3 Å². The first-order chi connectivity index (χ1) is 17.9. The number of piperidine rings is 1. The van der Waals surface area contributed by atoms with E-state index in [1.54, 1.807) is 13.8 Å². The Balaban J connectivity index is 1.33. The largest absolute Gasteiger partial charge is 0.488 e. The van der Waals surface area contributed by atoms with Crippen LogP contribution in [0.1, 0.15) is 60.9 Å². The van der Waals surface area contributed by atoms with Crippen molar-refractivity contribution in [3.63, 3.8) is 0 Å². The van der Waals surface area contributed by atoms with E-state index in [-0.39, 0.29) is 0 Å². The SMILES string of the molecule is CC(C)(C(=O)O)c1ccc2c(c1)C(=CCCN1CCC(Cc3ccccc3)CC1)c1ccccc1CO2. The second-order valence-electron chi connectivity index (χ2n) is 11.0. The Kier molecular flexibility index (Phi) is 7.48. The number of nitrogens with zero attached hydrogens (tertiary/aromatic N) is 1. The van der Waals surface area contributed by atoms with Crippen LogP contribution in [-0.2, 0) is 23.2 Å². The molecule has 0 unspecified atom stereocenters. The molecule has 37 heavy (non-hydrogen) atoms. The van der Waals surface area contributed by atoms with Gasteiger partial charge in [-0.3, -0.25) is 4.79 Å². The van der Waals surface area contributed by atoms with Gasteiger partial charge in [0.25, 0.3) is 0 Å². The summed E-state index contributed by atoms with van der Waals surface area (Å²) in [5, 5.41) is 9.81. The summed E-state index contributed by atoms with van der Waals surface area (Å²) in [6.45, 7) is 7.35. The average Bonchev–Trinajstić information content (AvgIpc) is 3.07. The number of carbonyl (C=O) groups is 1. The predicted molar refractivity (Wildman–Crippen MR) is 149 cm³/mol. The van der Waals surface area contributed by atoms with Crippen LogP contribution in [0.4, 0.5) is 0 Å². The van der Waals surface area contributed by atoms with Crippen molar-refractivity contribution in [3.8, 4) is 5.75 Å². The van der Waals surface area contributed by atoms with Crippen LogP contribution >= 0.6 is 0 Å². The van der Waals surface area contributed by atoms with E-state index in [9.17, 15) is 9.90 Å². The first kappa shape index (κ1) is 25.3. The maximum Gasteiger partial charge on any atom is 0.313 e. The summed E-state index contributed by atoms with van der Waals surface area (Å²) in [7, 11) is 0. The van der Waals surface area contributed by atoms with Gasteiger partial charge in [-0.25, -0.2) is 0 Å². The monoisotopic (exact) mass is 495 g/mol. The zero-order chi connectivity index (χ0) is 25.8. The molecule has 2 aliphatic rings. The Hall–Kier alpha value is -3.37. The van der Waals surface area contributed by atoms with Gasteiger partial charge in [0.1, 0.15) is 12.4 Å². The third-order valence-corrected chi connectivity index (χ3v) is 8.08. The van der Waals surface area contributed by atoms with Crippen LogP contribution in [0.5, 0.6) is 5.75 Å². The van der Waals surface area contributed by atoms with Crippen LogP contribution in [0.3, 0.4) is 0 Å². The topological polar surface area (TPSA) is 49.8 Å². The number of carboxylic acid groups (broad SMARTS) is 1. The summed E-state index contributed by atoms with van der Waals surface area (Å²) < 4.78 is 6.19. The molecule has 1 saturated heterocycles. The lowest BCUT2D eigenvalue weighted by molar-refractivity contribution is -0.142. The smallest absolute Gasteiger partial charge is 0.313 e. The van der Waals surface area contributed by atoms with E-state index >= 15 is 0 Å². The van der Waals surface area contributed by atoms with E-state index in [4.69, 9.17) is 4.74 Å². The van der Waals surface area contributed by atoms with Gasteiger partial charge in [0.15, 0.2) is 0 Å². The number of likely N-dealkylation sites (tertiary alicyclic amines) is 1. The van der Waals surface area contributed by atoms with Gasteiger partial charge in [-0.1, -0.05) is 66.7 Å². The van der Waals surface area contributed by atoms with Crippen molar-refractivity contribution in [3.05, 3.63) is 107 Å². The maximum atomic E-state index is 12.0. The highest BCUT2D eigenvalue weighted by atomic mass is 16.5. The fourth-order valence-electron chi connectivity index (χ4n) is 5.56. The molecule has 0 aromatic heterocycles. The van der Waals surface area contributed by atoms with Gasteiger partial charge in [0.05, 0.1) is 5.41 Å². The molecule has 4 nitrogen and oxygen atoms in total. The van der Waals surface area contributed by atoms with Crippen molar-refractivity contribution in [2.24, 2.45) is 5.92 Å². The van der Waals surface area contributed by atoms with E-state index in [0.717, 1.165) is 60.0 Å². The molecule has 3 aromatic carbocycles. The van der Waals surface area contributed by atoms with Crippen LogP contribution in [0.15, 0.2) is 78.9 Å². The van der Waals surface area contributed by atoms with Gasteiger partial charge in [-0.05, 0) is 98.5 Å². The molecular weight excluding hydrogens is 458 g/mol. The number of hydrogen-bond acceptors (Lipinski definition) is 3. The lowest BCUT2D eigenvalue weighted by atomic mass is 9.82. The van der Waals surface area contributed by atoms with Crippen LogP contribution in [0.2, 0.25) is 0 Å². The molecule has 1 N–H and O–H groups in total. The maximum absolute atomic E-state index is 12.0. The van der Waals surface area contributed by atoms with Crippen molar-refractivity contribution < 1.29 is 14.6 Å². The van der Waals surface area contributed by atoms with E-state index < -0.39 is 11.4 Å². The van der Waals surface area contributed by atoms with Crippen molar-refractivity contribution >= 4 is 11.5 Å². The summed E-state index contributed by atoms with van der Waals surface area (Å²) in [6.07, 6.45) is 6.96. The van der Waals surface area contributed by atoms with Crippen LogP contribution in [0, 0.1) is 5.92 Å². The van der Waals surface area contributed by atoms with Gasteiger partial charge in [0.2, 0.25) is 0 Å². The lowest BCUT2D eigenvalue weighted by Gasteiger charge is -2.31. The number of hydrogen-bond donors (Lipinski definition) is 1. The minimum atomic E-state index is -0.976. The second kappa shape index (κ2) is 10.9. The number of aliphatic carboxylic acids is 1. The van der Waals surface area contributed by atoms with E-state index in [2.05, 4.69) is 59.5 Å². The number of ether oxygens (including phenoxy) is 1. The molecule has 0 atom stereocenters. The molecular formula is C33H37NO3. The number of rotatable bonds is 7. The number of benzene rings is 3. The van der Waals surface area contributed by atoms with E-state index in [1.165, 1.54) is 30.4 Å². The third-order valence-electron chi connectivity index (χ3n) is 8.08. The van der Waals surface area contributed by atoms with Crippen LogP contribution in [-0.4, -0.2) is 35.6 Å². The molecule has 0 spiro atoms. The fraction of sp³-hybridized carbons (Fsp3) is 0.364. The minimum absolute atomic E-state index is 0.511. The molecule has 0 aliphatic carbocycles. The summed E-state index contributed by atoms with van der Waals surface area (Å²) in [6, 6.07) is 25.1. The zero-order valence-electron chi connectivity index (χ0n) is 22.0. The first-order valence-corrected chi connectivity index (χ1v) is 13.5. The highest BCUT2D eigenvalue weighted by molar-refractivity contribution is 5.87. The fourth-order valence-corrected chi connectivity index (χ4v) is 5.56. The van der Waals surface area contributed by atoms with Gasteiger partial charge in [-0.15, -0.1) is 0 Å². The molecule has 0 radical (unpaired) electrons. The molecule has 192 valence electrons. The van der Waals surface area contributed by atoms with Crippen molar-refractivity contribution in [2.75, 3.05) is 19.6 Å². The van der Waals surface area contributed by atoms with Crippen LogP contribution < -0.4 is 4.74 Å². The Morgan fingerprint density at radius 2 is 1.73 bits per heavy atom. The Bertz CT molecular complexity index is 1270. The Labute approximate surface area is 220 Å². The highest BCUT2D eigenvalue weighted by Crippen LogP contribution is 2.39. The lowest BCUT2D eigenvalue weighted by Crippen LogP contribution is -2.34. The molecule has 0 saturated carbocycles. The van der Waals surface area contributed by atoms with E-state index in [0.29, 0.717) is 6.61 Å². The summed E-state index contributed by atoms with van der Waals surface area (Å²) in [4.78, 5) is 14.5. The van der Waals surface area contributed by atoms with Crippen molar-refractivity contribution in [1.82, 2.24) is 4.90 Å². The van der Waals surface area contributed by atoms with Gasteiger partial charge in [0, 0.05) is 12.1 Å². The predicted octanol–water partition coefficient (Wildman–Crippen LogP) is 6.72. The van der Waals surface area contributed by atoms with Crippen molar-refractivity contribution in [2.45, 2.75) is 51.6 Å². The summed E-state index contributed by atoms with van der Waals surface area (Å²) in [5.74, 6) is 0.753. The summed E-state index contributed by atoms with van der Waals surface area (Å²) >= 11 is 0. The zero-order valence-corrected chi connectivity index (χ0v) is 22.0. The highest BCUT2D eigenvalue weighted by Gasteiger charge is 2.31. The molecule has 1 fully saturated rings. The minimum Gasteiger partial charge on any atom is -0.488 e. The van der Waals surface area contributed by atoms with Gasteiger partial charge in [-0.2, -0.15) is 0 Å². The molecule has 0 amide bonds.